The molecule has 106 valence electrons. The minimum absolute atomic E-state index is 0.0437. The lowest BCUT2D eigenvalue weighted by Gasteiger charge is -2.08. The second-order valence-electron chi connectivity index (χ2n) is 5.01. The number of fused-ring (bicyclic) bond motifs is 1. The summed E-state index contributed by atoms with van der Waals surface area (Å²) in [6.07, 6.45) is 2.07. The van der Waals surface area contributed by atoms with Crippen molar-refractivity contribution in [2.45, 2.75) is 12.8 Å². The molecular weight excluding hydrogens is 274 g/mol. The topological polar surface area (TPSA) is 77.2 Å². The molecule has 5 nitrogen and oxygen atoms in total. The molecule has 2 aromatic rings. The molecule has 2 heterocycles. The van der Waals surface area contributed by atoms with Crippen LogP contribution < -0.4 is 11.1 Å². The highest BCUT2D eigenvalue weighted by Gasteiger charge is 2.15. The maximum atomic E-state index is 12.1. The molecular formula is C14H17N3O2S. The number of carbonyl (C=O) groups is 1. The Morgan fingerprint density at radius 3 is 3.25 bits per heavy atom. The summed E-state index contributed by atoms with van der Waals surface area (Å²) in [5.74, 6) is 0.539. The molecule has 1 aliphatic rings. The van der Waals surface area contributed by atoms with Crippen molar-refractivity contribution < 1.29 is 9.53 Å². The highest BCUT2D eigenvalue weighted by molar-refractivity contribution is 7.22. The van der Waals surface area contributed by atoms with Crippen LogP contribution in [0.15, 0.2) is 18.2 Å². The van der Waals surface area contributed by atoms with Crippen LogP contribution >= 0.6 is 11.3 Å². The normalized spacial score (nSPS) is 18.5. The van der Waals surface area contributed by atoms with Gasteiger partial charge in [0.15, 0.2) is 5.13 Å². The molecule has 3 N–H and O–H groups in total. The van der Waals surface area contributed by atoms with E-state index >= 15 is 0 Å². The molecule has 0 spiro atoms. The van der Waals surface area contributed by atoms with E-state index in [1.54, 1.807) is 6.07 Å². The van der Waals surface area contributed by atoms with Crippen molar-refractivity contribution in [3.63, 3.8) is 0 Å². The zero-order valence-corrected chi connectivity index (χ0v) is 11.9. The first-order valence-electron chi connectivity index (χ1n) is 6.74. The fourth-order valence-corrected chi connectivity index (χ4v) is 3.16. The fraction of sp³-hybridized carbons (Fsp3) is 0.429. The molecule has 0 radical (unpaired) electrons. The van der Waals surface area contributed by atoms with Gasteiger partial charge in [-0.05, 0) is 37.0 Å². The number of nitrogen functional groups attached to an aromatic ring is 1. The summed E-state index contributed by atoms with van der Waals surface area (Å²) in [7, 11) is 0. The van der Waals surface area contributed by atoms with Gasteiger partial charge in [-0.15, -0.1) is 0 Å². The Labute approximate surface area is 121 Å². The first kappa shape index (κ1) is 13.3. The SMILES string of the molecule is Nc1nc2ccc(C(=O)NCCC3CCOC3)cc2s1. The minimum atomic E-state index is -0.0437. The van der Waals surface area contributed by atoms with Gasteiger partial charge in [0.1, 0.15) is 0 Å². The van der Waals surface area contributed by atoms with Crippen LogP contribution in [0, 0.1) is 5.92 Å². The van der Waals surface area contributed by atoms with Gasteiger partial charge in [-0.3, -0.25) is 4.79 Å². The van der Waals surface area contributed by atoms with Gasteiger partial charge in [0, 0.05) is 25.3 Å². The third kappa shape index (κ3) is 2.91. The lowest BCUT2D eigenvalue weighted by Crippen LogP contribution is -2.26. The summed E-state index contributed by atoms with van der Waals surface area (Å²) in [5.41, 5.74) is 7.16. The number of ether oxygens (including phenoxy) is 1. The van der Waals surface area contributed by atoms with Crippen molar-refractivity contribution in [2.24, 2.45) is 5.92 Å². The van der Waals surface area contributed by atoms with Crippen LogP contribution in [0.5, 0.6) is 0 Å². The van der Waals surface area contributed by atoms with E-state index in [9.17, 15) is 4.79 Å². The summed E-state index contributed by atoms with van der Waals surface area (Å²) < 4.78 is 6.26. The lowest BCUT2D eigenvalue weighted by atomic mass is 10.1. The van der Waals surface area contributed by atoms with E-state index in [2.05, 4.69) is 10.3 Å². The molecule has 1 aromatic carbocycles. The molecule has 0 bridgehead atoms. The number of amides is 1. The standard InChI is InChI=1S/C14H17N3O2S/c15-14-17-11-2-1-10(7-12(11)20-14)13(18)16-5-3-9-4-6-19-8-9/h1-2,7,9H,3-6,8H2,(H2,15,17)(H,16,18). The van der Waals surface area contributed by atoms with Gasteiger partial charge in [0.25, 0.3) is 5.91 Å². The van der Waals surface area contributed by atoms with Crippen LogP contribution in [0.3, 0.4) is 0 Å². The number of aromatic nitrogens is 1. The largest absolute Gasteiger partial charge is 0.381 e. The van der Waals surface area contributed by atoms with Crippen LogP contribution in [0.1, 0.15) is 23.2 Å². The number of rotatable bonds is 4. The van der Waals surface area contributed by atoms with E-state index in [4.69, 9.17) is 10.5 Å². The molecule has 1 atom stereocenters. The Kier molecular flexibility index (Phi) is 3.84. The molecule has 1 amide bonds. The zero-order valence-electron chi connectivity index (χ0n) is 11.1. The van der Waals surface area contributed by atoms with Crippen molar-refractivity contribution in [3.05, 3.63) is 23.8 Å². The number of thiazole rings is 1. The number of hydrogen-bond acceptors (Lipinski definition) is 5. The molecule has 1 fully saturated rings. The van der Waals surface area contributed by atoms with Gasteiger partial charge in [-0.1, -0.05) is 11.3 Å². The molecule has 6 heteroatoms. The van der Waals surface area contributed by atoms with Gasteiger partial charge >= 0.3 is 0 Å². The van der Waals surface area contributed by atoms with Crippen molar-refractivity contribution in [1.82, 2.24) is 10.3 Å². The van der Waals surface area contributed by atoms with Gasteiger partial charge in [-0.25, -0.2) is 4.98 Å². The highest BCUT2D eigenvalue weighted by atomic mass is 32.1. The van der Waals surface area contributed by atoms with Crippen LogP contribution in [0.2, 0.25) is 0 Å². The first-order chi connectivity index (χ1) is 9.72. The van der Waals surface area contributed by atoms with Gasteiger partial charge in [-0.2, -0.15) is 0 Å². The van der Waals surface area contributed by atoms with Gasteiger partial charge in [0.05, 0.1) is 10.2 Å². The number of anilines is 1. The maximum absolute atomic E-state index is 12.1. The van der Waals surface area contributed by atoms with E-state index in [-0.39, 0.29) is 5.91 Å². The fourth-order valence-electron chi connectivity index (χ4n) is 2.39. The lowest BCUT2D eigenvalue weighted by molar-refractivity contribution is 0.0950. The van der Waals surface area contributed by atoms with Crippen molar-refractivity contribution >= 4 is 32.6 Å². The molecule has 1 aromatic heterocycles. The summed E-state index contributed by atoms with van der Waals surface area (Å²) in [5, 5.41) is 3.48. The van der Waals surface area contributed by atoms with E-state index < -0.39 is 0 Å². The maximum Gasteiger partial charge on any atom is 0.251 e. The Morgan fingerprint density at radius 2 is 2.45 bits per heavy atom. The number of carbonyl (C=O) groups excluding carboxylic acids is 1. The predicted octanol–water partition coefficient (Wildman–Crippen LogP) is 2.03. The summed E-state index contributed by atoms with van der Waals surface area (Å²) in [4.78, 5) is 16.3. The second kappa shape index (κ2) is 5.76. The average Bonchev–Trinajstić information content (AvgIpc) is 3.05. The molecule has 1 aliphatic heterocycles. The van der Waals surface area contributed by atoms with Crippen molar-refractivity contribution in [1.29, 1.82) is 0 Å². The number of benzene rings is 1. The number of nitrogens with one attached hydrogen (secondary N) is 1. The minimum Gasteiger partial charge on any atom is -0.381 e. The molecule has 1 saturated heterocycles. The Morgan fingerprint density at radius 1 is 1.55 bits per heavy atom. The van der Waals surface area contributed by atoms with Crippen LogP contribution in [-0.4, -0.2) is 30.6 Å². The van der Waals surface area contributed by atoms with E-state index in [0.717, 1.165) is 36.3 Å². The zero-order chi connectivity index (χ0) is 13.9. The van der Waals surface area contributed by atoms with Gasteiger partial charge < -0.3 is 15.8 Å². The quantitative estimate of drug-likeness (QED) is 0.903. The van der Waals surface area contributed by atoms with Crippen LogP contribution in [0.4, 0.5) is 5.13 Å². The van der Waals surface area contributed by atoms with E-state index in [1.807, 2.05) is 12.1 Å². The summed E-state index contributed by atoms with van der Waals surface area (Å²) >= 11 is 1.40. The highest BCUT2D eigenvalue weighted by Crippen LogP contribution is 2.24. The Balaban J connectivity index is 1.59. The van der Waals surface area contributed by atoms with Gasteiger partial charge in [0.2, 0.25) is 0 Å². The number of nitrogens with two attached hydrogens (primary N) is 1. The third-order valence-corrected chi connectivity index (χ3v) is 4.38. The molecule has 20 heavy (non-hydrogen) atoms. The van der Waals surface area contributed by atoms with Crippen molar-refractivity contribution in [2.75, 3.05) is 25.5 Å². The average molecular weight is 291 g/mol. The summed E-state index contributed by atoms with van der Waals surface area (Å²) in [6.45, 7) is 2.36. The Hall–Kier alpha value is -1.66. The predicted molar refractivity (Wildman–Crippen MR) is 79.9 cm³/mol. The second-order valence-corrected chi connectivity index (χ2v) is 6.07. The Bertz CT molecular complexity index is 620. The van der Waals surface area contributed by atoms with Crippen LogP contribution in [-0.2, 0) is 4.74 Å². The molecule has 3 rings (SSSR count). The third-order valence-electron chi connectivity index (χ3n) is 3.53. The first-order valence-corrected chi connectivity index (χ1v) is 7.56. The smallest absolute Gasteiger partial charge is 0.251 e. The van der Waals surface area contributed by atoms with Crippen molar-refractivity contribution in [3.8, 4) is 0 Å². The number of nitrogens with zero attached hydrogens (tertiary/aromatic N) is 1. The van der Waals surface area contributed by atoms with Crippen LogP contribution in [0.25, 0.3) is 10.2 Å². The molecule has 0 aliphatic carbocycles. The monoisotopic (exact) mass is 291 g/mol. The van der Waals surface area contributed by atoms with E-state index in [1.165, 1.54) is 11.3 Å². The number of hydrogen-bond donors (Lipinski definition) is 2. The molecule has 1 unspecified atom stereocenters. The summed E-state index contributed by atoms with van der Waals surface area (Å²) in [6, 6.07) is 5.47. The van der Waals surface area contributed by atoms with E-state index in [0.29, 0.717) is 23.2 Å². The molecule has 0 saturated carbocycles.